The summed E-state index contributed by atoms with van der Waals surface area (Å²) in [6, 6.07) is 4.41. The molecule has 1 atom stereocenters. The van der Waals surface area contributed by atoms with E-state index >= 15 is 0 Å². The van der Waals surface area contributed by atoms with Gasteiger partial charge in [0.05, 0.1) is 18.6 Å². The zero-order valence-electron chi connectivity index (χ0n) is 11.5. The maximum absolute atomic E-state index is 9.60. The highest BCUT2D eigenvalue weighted by Gasteiger charge is 2.64. The Bertz CT molecular complexity index is 557. The van der Waals surface area contributed by atoms with E-state index in [1.807, 2.05) is 19.9 Å². The number of methoxy groups -OCH3 is 1. The molecule has 1 unspecified atom stereocenters. The molecule has 1 saturated carbocycles. The summed E-state index contributed by atoms with van der Waals surface area (Å²) in [6.45, 7) is 8.16. The van der Waals surface area contributed by atoms with Crippen molar-refractivity contribution in [1.29, 1.82) is 5.26 Å². The molecule has 0 heterocycles. The van der Waals surface area contributed by atoms with Crippen LogP contribution in [0.1, 0.15) is 37.0 Å². The molecule has 0 spiro atoms. The van der Waals surface area contributed by atoms with Gasteiger partial charge in [0.1, 0.15) is 5.75 Å². The van der Waals surface area contributed by atoms with Crippen molar-refractivity contribution in [2.45, 2.75) is 39.5 Å². The van der Waals surface area contributed by atoms with Gasteiger partial charge in [0, 0.05) is 10.6 Å². The van der Waals surface area contributed by atoms with Crippen LogP contribution in [0.25, 0.3) is 0 Å². The van der Waals surface area contributed by atoms with Gasteiger partial charge in [0.2, 0.25) is 0 Å². The van der Waals surface area contributed by atoms with E-state index in [1.54, 1.807) is 7.11 Å². The summed E-state index contributed by atoms with van der Waals surface area (Å²) in [6.07, 6.45) is 0.854. The van der Waals surface area contributed by atoms with Crippen LogP contribution in [0.15, 0.2) is 6.07 Å². The Morgan fingerprint density at radius 1 is 1.39 bits per heavy atom. The van der Waals surface area contributed by atoms with Crippen molar-refractivity contribution in [3.63, 3.8) is 0 Å². The summed E-state index contributed by atoms with van der Waals surface area (Å²) in [4.78, 5) is 0. The largest absolute Gasteiger partial charge is 0.496 e. The fourth-order valence-corrected chi connectivity index (χ4v) is 3.06. The van der Waals surface area contributed by atoms with Gasteiger partial charge in [0.15, 0.2) is 0 Å². The van der Waals surface area contributed by atoms with Gasteiger partial charge in [-0.3, -0.25) is 0 Å². The van der Waals surface area contributed by atoms with Crippen molar-refractivity contribution in [2.24, 2.45) is 5.41 Å². The second-order valence-electron chi connectivity index (χ2n) is 5.79. The predicted molar refractivity (Wildman–Crippen MR) is 73.2 cm³/mol. The predicted octanol–water partition coefficient (Wildman–Crippen LogP) is 4.16. The molecule has 0 radical (unpaired) electrons. The lowest BCUT2D eigenvalue weighted by Gasteiger charge is -2.21. The first-order valence-corrected chi connectivity index (χ1v) is 6.44. The molecule has 1 aromatic rings. The van der Waals surface area contributed by atoms with Gasteiger partial charge < -0.3 is 4.74 Å². The lowest BCUT2D eigenvalue weighted by molar-refractivity contribution is 0.402. The van der Waals surface area contributed by atoms with Crippen LogP contribution < -0.4 is 4.74 Å². The van der Waals surface area contributed by atoms with Crippen LogP contribution in [-0.4, -0.2) is 7.11 Å². The number of nitrogens with zero attached hydrogens (tertiary/aromatic N) is 1. The first-order chi connectivity index (χ1) is 8.30. The highest BCUT2D eigenvalue weighted by molar-refractivity contribution is 6.32. The van der Waals surface area contributed by atoms with E-state index < -0.39 is 5.41 Å². The third kappa shape index (κ3) is 1.54. The molecule has 1 aromatic carbocycles. The van der Waals surface area contributed by atoms with E-state index in [0.29, 0.717) is 0 Å². The molecule has 96 valence electrons. The number of aryl methyl sites for hydroxylation is 1. The summed E-state index contributed by atoms with van der Waals surface area (Å²) in [5, 5.41) is 10.3. The molecule has 0 N–H and O–H groups in total. The lowest BCUT2D eigenvalue weighted by Crippen LogP contribution is -2.15. The minimum Gasteiger partial charge on any atom is -0.496 e. The minimum atomic E-state index is -0.459. The molecule has 2 rings (SSSR count). The minimum absolute atomic E-state index is 0.0155. The Hall–Kier alpha value is -1.20. The number of halogens is 1. The molecule has 18 heavy (non-hydrogen) atoms. The Labute approximate surface area is 114 Å². The van der Waals surface area contributed by atoms with E-state index in [9.17, 15) is 5.26 Å². The molecular formula is C15H18ClNO. The van der Waals surface area contributed by atoms with Crippen LogP contribution in [0.5, 0.6) is 5.75 Å². The number of hydrogen-bond acceptors (Lipinski definition) is 2. The van der Waals surface area contributed by atoms with Gasteiger partial charge in [-0.05, 0) is 42.9 Å². The van der Waals surface area contributed by atoms with Crippen molar-refractivity contribution in [1.82, 2.24) is 0 Å². The molecule has 1 aliphatic rings. The SMILES string of the molecule is COc1cc(C)c(Cl)c(C)c1C1(C#N)CC1(C)C. The quantitative estimate of drug-likeness (QED) is 0.803. The first-order valence-electron chi connectivity index (χ1n) is 6.06. The third-order valence-corrected chi connectivity index (χ3v) is 4.80. The fraction of sp³-hybridized carbons (Fsp3) is 0.533. The molecule has 0 aromatic heterocycles. The molecule has 0 aliphatic heterocycles. The van der Waals surface area contributed by atoms with Crippen molar-refractivity contribution in [2.75, 3.05) is 7.11 Å². The highest BCUT2D eigenvalue weighted by Crippen LogP contribution is 2.66. The van der Waals surface area contributed by atoms with Crippen molar-refractivity contribution >= 4 is 11.6 Å². The van der Waals surface area contributed by atoms with Gasteiger partial charge in [0.25, 0.3) is 0 Å². The molecular weight excluding hydrogens is 246 g/mol. The average molecular weight is 264 g/mol. The van der Waals surface area contributed by atoms with Crippen molar-refractivity contribution < 1.29 is 4.74 Å². The summed E-state index contributed by atoms with van der Waals surface area (Å²) in [5.41, 5.74) is 2.45. The molecule has 0 amide bonds. The van der Waals surface area contributed by atoms with Crippen LogP contribution >= 0.6 is 11.6 Å². The number of benzene rings is 1. The topological polar surface area (TPSA) is 33.0 Å². The second kappa shape index (κ2) is 3.90. The average Bonchev–Trinajstić information content (AvgIpc) is 2.88. The van der Waals surface area contributed by atoms with E-state index in [4.69, 9.17) is 16.3 Å². The Kier molecular flexibility index (Phi) is 2.87. The van der Waals surface area contributed by atoms with Crippen LogP contribution in [0, 0.1) is 30.6 Å². The number of rotatable bonds is 2. The molecule has 0 bridgehead atoms. The normalized spacial score (nSPS) is 24.5. The summed E-state index contributed by atoms with van der Waals surface area (Å²) in [5.74, 6) is 0.779. The monoisotopic (exact) mass is 263 g/mol. The van der Waals surface area contributed by atoms with Gasteiger partial charge in [-0.15, -0.1) is 0 Å². The Balaban J connectivity index is 2.73. The zero-order valence-corrected chi connectivity index (χ0v) is 12.3. The standard InChI is InChI=1S/C15H18ClNO/c1-9-6-11(18-5)12(10(2)13(9)16)15(8-17)7-14(15,3)4/h6H,7H2,1-5H3. The highest BCUT2D eigenvalue weighted by atomic mass is 35.5. The third-order valence-electron chi connectivity index (χ3n) is 4.22. The maximum Gasteiger partial charge on any atom is 0.124 e. The van der Waals surface area contributed by atoms with Crippen molar-refractivity contribution in [3.05, 3.63) is 27.8 Å². The van der Waals surface area contributed by atoms with Gasteiger partial charge in [-0.25, -0.2) is 0 Å². The van der Waals surface area contributed by atoms with Crippen molar-refractivity contribution in [3.8, 4) is 11.8 Å². The van der Waals surface area contributed by atoms with Crippen LogP contribution in [0.3, 0.4) is 0 Å². The van der Waals surface area contributed by atoms with Gasteiger partial charge in [-0.1, -0.05) is 25.4 Å². The van der Waals surface area contributed by atoms with Crippen LogP contribution in [-0.2, 0) is 5.41 Å². The Morgan fingerprint density at radius 3 is 2.33 bits per heavy atom. The molecule has 3 heteroatoms. The van der Waals surface area contributed by atoms with Crippen LogP contribution in [0.4, 0.5) is 0 Å². The summed E-state index contributed by atoms with van der Waals surface area (Å²) in [7, 11) is 1.64. The zero-order chi connectivity index (χ0) is 13.7. The summed E-state index contributed by atoms with van der Waals surface area (Å²) < 4.78 is 5.47. The van der Waals surface area contributed by atoms with Crippen LogP contribution in [0.2, 0.25) is 5.02 Å². The Morgan fingerprint density at radius 2 is 1.94 bits per heavy atom. The van der Waals surface area contributed by atoms with Gasteiger partial charge in [-0.2, -0.15) is 5.26 Å². The molecule has 1 fully saturated rings. The fourth-order valence-electron chi connectivity index (χ4n) is 2.91. The van der Waals surface area contributed by atoms with E-state index in [-0.39, 0.29) is 5.41 Å². The molecule has 2 nitrogen and oxygen atoms in total. The second-order valence-corrected chi connectivity index (χ2v) is 6.17. The molecule has 0 saturated heterocycles. The van der Waals surface area contributed by atoms with Gasteiger partial charge >= 0.3 is 0 Å². The number of hydrogen-bond donors (Lipinski definition) is 0. The van der Waals surface area contributed by atoms with E-state index in [2.05, 4.69) is 19.9 Å². The lowest BCUT2D eigenvalue weighted by atomic mass is 9.85. The smallest absolute Gasteiger partial charge is 0.124 e. The molecule has 1 aliphatic carbocycles. The first kappa shape index (κ1) is 13.2. The van der Waals surface area contributed by atoms with E-state index in [1.165, 1.54) is 0 Å². The summed E-state index contributed by atoms with van der Waals surface area (Å²) >= 11 is 6.33. The number of ether oxygens (including phenoxy) is 1. The number of nitriles is 1. The van der Waals surface area contributed by atoms with E-state index in [0.717, 1.165) is 33.9 Å². The maximum atomic E-state index is 9.60.